The Balaban J connectivity index is 5.40. The van der Waals surface area contributed by atoms with Crippen molar-refractivity contribution in [1.82, 2.24) is 16.0 Å². The van der Waals surface area contributed by atoms with Crippen molar-refractivity contribution in [3.05, 3.63) is 0 Å². The van der Waals surface area contributed by atoms with Gasteiger partial charge in [0.2, 0.25) is 17.7 Å². The first-order valence-electron chi connectivity index (χ1n) is 8.33. The van der Waals surface area contributed by atoms with Crippen LogP contribution in [0, 0.1) is 0 Å². The van der Waals surface area contributed by atoms with E-state index in [0.29, 0.717) is 0 Å². The first-order valence-corrected chi connectivity index (χ1v) is 8.33. The quantitative estimate of drug-likeness (QED) is 0.143. The molecular weight excluding hydrogens is 396 g/mol. The summed E-state index contributed by atoms with van der Waals surface area (Å²) in [5.41, 5.74) is 5.37. The molecule has 0 aliphatic heterocycles. The maximum atomic E-state index is 12.4. The zero-order valence-corrected chi connectivity index (χ0v) is 15.5. The Labute approximate surface area is 164 Å². The molecule has 3 amide bonds. The van der Waals surface area contributed by atoms with Gasteiger partial charge in [-0.05, 0) is 13.3 Å². The molecule has 14 nitrogen and oxygen atoms in total. The van der Waals surface area contributed by atoms with Crippen molar-refractivity contribution < 1.29 is 49.2 Å². The zero-order chi connectivity index (χ0) is 22.7. The second kappa shape index (κ2) is 12.2. The van der Waals surface area contributed by atoms with Crippen molar-refractivity contribution in [2.45, 2.75) is 50.4 Å². The third-order valence-electron chi connectivity index (χ3n) is 3.50. The van der Waals surface area contributed by atoms with E-state index in [9.17, 15) is 28.8 Å². The van der Waals surface area contributed by atoms with Gasteiger partial charge in [-0.25, -0.2) is 4.79 Å². The third kappa shape index (κ3) is 10.0. The fourth-order valence-corrected chi connectivity index (χ4v) is 1.95. The van der Waals surface area contributed by atoms with Crippen molar-refractivity contribution in [2.24, 2.45) is 5.73 Å². The first-order chi connectivity index (χ1) is 13.4. The molecule has 0 bridgehead atoms. The van der Waals surface area contributed by atoms with Crippen molar-refractivity contribution >= 4 is 35.6 Å². The smallest absolute Gasteiger partial charge is 0.328 e. The number of carboxylic acid groups (broad SMARTS) is 3. The van der Waals surface area contributed by atoms with Gasteiger partial charge in [0.25, 0.3) is 0 Å². The summed E-state index contributed by atoms with van der Waals surface area (Å²) >= 11 is 0. The van der Waals surface area contributed by atoms with Crippen molar-refractivity contribution in [3.8, 4) is 0 Å². The van der Waals surface area contributed by atoms with E-state index in [2.05, 4.69) is 5.32 Å². The fraction of sp³-hybridized carbons (Fsp3) is 0.600. The van der Waals surface area contributed by atoms with Crippen LogP contribution in [0.3, 0.4) is 0 Å². The number of aliphatic carboxylic acids is 3. The first kappa shape index (κ1) is 25.7. The van der Waals surface area contributed by atoms with Crippen LogP contribution in [0.5, 0.6) is 0 Å². The van der Waals surface area contributed by atoms with Gasteiger partial charge in [0.15, 0.2) is 0 Å². The lowest BCUT2D eigenvalue weighted by Crippen LogP contribution is -2.57. The Bertz CT molecular complexity index is 651. The van der Waals surface area contributed by atoms with Gasteiger partial charge in [0, 0.05) is 6.42 Å². The number of aliphatic hydroxyl groups excluding tert-OH is 1. The minimum Gasteiger partial charge on any atom is -0.481 e. The molecule has 9 N–H and O–H groups in total. The number of hydrogen-bond acceptors (Lipinski definition) is 8. The minimum atomic E-state index is -1.76. The summed E-state index contributed by atoms with van der Waals surface area (Å²) in [6.45, 7) is 0.323. The van der Waals surface area contributed by atoms with Crippen molar-refractivity contribution in [3.63, 3.8) is 0 Å². The van der Waals surface area contributed by atoms with Crippen LogP contribution in [0.1, 0.15) is 26.2 Å². The molecule has 0 rings (SSSR count). The number of carboxylic acids is 3. The summed E-state index contributed by atoms with van der Waals surface area (Å²) in [7, 11) is 0. The van der Waals surface area contributed by atoms with Crippen molar-refractivity contribution in [2.75, 3.05) is 6.61 Å². The summed E-state index contributed by atoms with van der Waals surface area (Å²) < 4.78 is 0. The summed E-state index contributed by atoms with van der Waals surface area (Å²) in [6, 6.07) is -5.97. The highest BCUT2D eigenvalue weighted by atomic mass is 16.4. The zero-order valence-electron chi connectivity index (χ0n) is 15.5. The Kier molecular flexibility index (Phi) is 10.9. The Morgan fingerprint density at radius 3 is 1.69 bits per heavy atom. The molecule has 0 heterocycles. The van der Waals surface area contributed by atoms with E-state index in [1.54, 1.807) is 0 Å². The number of hydrogen-bond donors (Lipinski definition) is 8. The molecule has 4 atom stereocenters. The number of rotatable bonds is 13. The van der Waals surface area contributed by atoms with Crippen LogP contribution < -0.4 is 21.7 Å². The molecule has 14 heteroatoms. The van der Waals surface area contributed by atoms with Crippen LogP contribution in [-0.2, 0) is 28.8 Å². The molecule has 29 heavy (non-hydrogen) atoms. The molecule has 0 aromatic carbocycles. The van der Waals surface area contributed by atoms with Crippen LogP contribution in [0.15, 0.2) is 0 Å². The standard InChI is InChI=1S/C15H24N4O10/c1-6(16)12(25)17-7(2-3-10(21)22)13(26)18-8(4-11(23)24)14(27)19-9(5-20)15(28)29/h6-9,20H,2-5,16H2,1H3,(H,17,25)(H,18,26)(H,19,27)(H,21,22)(H,23,24)(H,28,29). The molecular formula is C15H24N4O10. The average molecular weight is 420 g/mol. The van der Waals surface area contributed by atoms with E-state index in [-0.39, 0.29) is 6.42 Å². The minimum absolute atomic E-state index is 0.380. The Morgan fingerprint density at radius 2 is 1.28 bits per heavy atom. The van der Waals surface area contributed by atoms with Crippen molar-refractivity contribution in [1.29, 1.82) is 0 Å². The van der Waals surface area contributed by atoms with Gasteiger partial charge < -0.3 is 42.1 Å². The van der Waals surface area contributed by atoms with E-state index in [0.717, 1.165) is 0 Å². The summed E-state index contributed by atoms with van der Waals surface area (Å²) in [5.74, 6) is -7.45. The lowest BCUT2D eigenvalue weighted by molar-refractivity contribution is -0.144. The van der Waals surface area contributed by atoms with Gasteiger partial charge in [-0.3, -0.25) is 24.0 Å². The fourth-order valence-electron chi connectivity index (χ4n) is 1.95. The molecule has 0 aromatic heterocycles. The molecule has 4 unspecified atom stereocenters. The van der Waals surface area contributed by atoms with Crippen LogP contribution in [-0.4, -0.2) is 86.8 Å². The van der Waals surface area contributed by atoms with Crippen LogP contribution >= 0.6 is 0 Å². The second-order valence-electron chi connectivity index (χ2n) is 6.02. The molecule has 0 fully saturated rings. The molecule has 0 saturated carbocycles. The average Bonchev–Trinajstić information content (AvgIpc) is 2.60. The summed E-state index contributed by atoms with van der Waals surface area (Å²) in [6.07, 6.45) is -1.85. The number of amides is 3. The highest BCUT2D eigenvalue weighted by molar-refractivity contribution is 5.95. The lowest BCUT2D eigenvalue weighted by atomic mass is 10.1. The largest absolute Gasteiger partial charge is 0.481 e. The molecule has 0 saturated heterocycles. The lowest BCUT2D eigenvalue weighted by Gasteiger charge is -2.23. The Morgan fingerprint density at radius 1 is 0.793 bits per heavy atom. The van der Waals surface area contributed by atoms with E-state index in [1.807, 2.05) is 10.6 Å². The van der Waals surface area contributed by atoms with E-state index in [4.69, 9.17) is 26.2 Å². The predicted octanol–water partition coefficient (Wildman–Crippen LogP) is -3.80. The topological polar surface area (TPSA) is 245 Å². The van der Waals surface area contributed by atoms with Gasteiger partial charge >= 0.3 is 17.9 Å². The number of carbonyl (C=O) groups excluding carboxylic acids is 3. The Hall–Kier alpha value is -3.26. The maximum Gasteiger partial charge on any atom is 0.328 e. The molecule has 0 aliphatic carbocycles. The van der Waals surface area contributed by atoms with E-state index < -0.39 is 79.2 Å². The van der Waals surface area contributed by atoms with Crippen LogP contribution in [0.2, 0.25) is 0 Å². The van der Waals surface area contributed by atoms with Gasteiger partial charge in [-0.1, -0.05) is 0 Å². The molecule has 0 aliphatic rings. The van der Waals surface area contributed by atoms with E-state index >= 15 is 0 Å². The monoisotopic (exact) mass is 420 g/mol. The summed E-state index contributed by atoms with van der Waals surface area (Å²) in [4.78, 5) is 68.9. The highest BCUT2D eigenvalue weighted by Gasteiger charge is 2.31. The number of carbonyl (C=O) groups is 6. The van der Waals surface area contributed by atoms with Gasteiger partial charge in [0.05, 0.1) is 19.1 Å². The third-order valence-corrected chi connectivity index (χ3v) is 3.50. The predicted molar refractivity (Wildman–Crippen MR) is 93.3 cm³/mol. The molecule has 164 valence electrons. The molecule has 0 spiro atoms. The molecule has 0 radical (unpaired) electrons. The SMILES string of the molecule is CC(N)C(=O)NC(CCC(=O)O)C(=O)NC(CC(=O)O)C(=O)NC(CO)C(=O)O. The van der Waals surface area contributed by atoms with Gasteiger partial charge in [0.1, 0.15) is 18.1 Å². The number of aliphatic hydroxyl groups is 1. The second-order valence-corrected chi connectivity index (χ2v) is 6.02. The molecule has 0 aromatic rings. The van der Waals surface area contributed by atoms with Gasteiger partial charge in [-0.2, -0.15) is 0 Å². The van der Waals surface area contributed by atoms with Gasteiger partial charge in [-0.15, -0.1) is 0 Å². The highest BCUT2D eigenvalue weighted by Crippen LogP contribution is 2.02. The number of nitrogens with two attached hydrogens (primary N) is 1. The normalized spacial score (nSPS) is 14.6. The van der Waals surface area contributed by atoms with E-state index in [1.165, 1.54) is 6.92 Å². The van der Waals surface area contributed by atoms with Crippen LogP contribution in [0.4, 0.5) is 0 Å². The maximum absolute atomic E-state index is 12.4. The summed E-state index contributed by atoms with van der Waals surface area (Å²) in [5, 5.41) is 41.5. The number of nitrogens with one attached hydrogen (secondary N) is 3. The van der Waals surface area contributed by atoms with Crippen LogP contribution in [0.25, 0.3) is 0 Å².